The van der Waals surface area contributed by atoms with E-state index in [1.165, 1.54) is 6.07 Å². The molecule has 0 aromatic heterocycles. The van der Waals surface area contributed by atoms with E-state index in [4.69, 9.17) is 4.74 Å². The predicted molar refractivity (Wildman–Crippen MR) is 68.8 cm³/mol. The van der Waals surface area contributed by atoms with E-state index in [0.29, 0.717) is 18.3 Å². The van der Waals surface area contributed by atoms with Crippen LogP contribution in [-0.2, 0) is 6.54 Å². The van der Waals surface area contributed by atoms with Crippen LogP contribution in [0.25, 0.3) is 0 Å². The Hall–Kier alpha value is -1.09. The second-order valence-corrected chi connectivity index (χ2v) is 4.60. The molecule has 2 nitrogen and oxygen atoms in total. The second-order valence-electron chi connectivity index (χ2n) is 4.60. The van der Waals surface area contributed by atoms with Crippen molar-refractivity contribution in [1.29, 1.82) is 0 Å². The largest absolute Gasteiger partial charge is 0.487 e. The highest BCUT2D eigenvalue weighted by molar-refractivity contribution is 5.35. The van der Waals surface area contributed by atoms with Crippen molar-refractivity contribution in [2.75, 3.05) is 0 Å². The standard InChI is InChI=1S/C14H22FNO/c1-5-11(4)17-14-12(9-16-10(2)3)7-6-8-13(14)15/h6-8,10-11,16H,5,9H2,1-4H3. The fourth-order valence-corrected chi connectivity index (χ4v) is 1.42. The number of hydrogen-bond acceptors (Lipinski definition) is 2. The number of para-hydroxylation sites is 1. The first kappa shape index (κ1) is 14.0. The van der Waals surface area contributed by atoms with Crippen molar-refractivity contribution in [1.82, 2.24) is 5.32 Å². The third-order valence-electron chi connectivity index (χ3n) is 2.64. The minimum Gasteiger partial charge on any atom is -0.487 e. The number of nitrogens with one attached hydrogen (secondary N) is 1. The molecule has 0 saturated heterocycles. The summed E-state index contributed by atoms with van der Waals surface area (Å²) in [6, 6.07) is 5.43. The molecule has 1 rings (SSSR count). The summed E-state index contributed by atoms with van der Waals surface area (Å²) in [5, 5.41) is 3.27. The molecule has 17 heavy (non-hydrogen) atoms. The molecule has 0 aliphatic heterocycles. The van der Waals surface area contributed by atoms with E-state index in [0.717, 1.165) is 12.0 Å². The van der Waals surface area contributed by atoms with Crippen molar-refractivity contribution in [3.63, 3.8) is 0 Å². The van der Waals surface area contributed by atoms with Gasteiger partial charge in [0.2, 0.25) is 0 Å². The summed E-state index contributed by atoms with van der Waals surface area (Å²) >= 11 is 0. The Morgan fingerprint density at radius 1 is 1.29 bits per heavy atom. The van der Waals surface area contributed by atoms with Crippen LogP contribution in [0.15, 0.2) is 18.2 Å². The van der Waals surface area contributed by atoms with Gasteiger partial charge in [0.15, 0.2) is 11.6 Å². The highest BCUT2D eigenvalue weighted by atomic mass is 19.1. The lowest BCUT2D eigenvalue weighted by atomic mass is 10.1. The smallest absolute Gasteiger partial charge is 0.165 e. The van der Waals surface area contributed by atoms with E-state index in [1.807, 2.05) is 19.9 Å². The Balaban J connectivity index is 2.84. The molecule has 0 fully saturated rings. The maximum absolute atomic E-state index is 13.7. The Labute approximate surface area is 103 Å². The summed E-state index contributed by atoms with van der Waals surface area (Å²) in [7, 11) is 0. The van der Waals surface area contributed by atoms with Crippen LogP contribution in [0.4, 0.5) is 4.39 Å². The second kappa shape index (κ2) is 6.60. The van der Waals surface area contributed by atoms with Crippen LogP contribution in [0, 0.1) is 5.82 Å². The van der Waals surface area contributed by atoms with Crippen LogP contribution >= 0.6 is 0 Å². The monoisotopic (exact) mass is 239 g/mol. The van der Waals surface area contributed by atoms with Gasteiger partial charge in [-0.2, -0.15) is 0 Å². The van der Waals surface area contributed by atoms with Gasteiger partial charge in [-0.3, -0.25) is 0 Å². The van der Waals surface area contributed by atoms with Gasteiger partial charge in [0, 0.05) is 18.2 Å². The normalized spacial score (nSPS) is 12.8. The molecule has 1 aromatic carbocycles. The maximum Gasteiger partial charge on any atom is 0.165 e. The number of ether oxygens (including phenoxy) is 1. The lowest BCUT2D eigenvalue weighted by molar-refractivity contribution is 0.205. The first-order chi connectivity index (χ1) is 8.04. The average Bonchev–Trinajstić information content (AvgIpc) is 2.29. The molecule has 0 radical (unpaired) electrons. The van der Waals surface area contributed by atoms with Crippen molar-refractivity contribution in [3.05, 3.63) is 29.6 Å². The molecule has 1 aromatic rings. The summed E-state index contributed by atoms with van der Waals surface area (Å²) in [5.74, 6) is 0.100. The van der Waals surface area contributed by atoms with Crippen LogP contribution in [-0.4, -0.2) is 12.1 Å². The molecule has 1 unspecified atom stereocenters. The summed E-state index contributed by atoms with van der Waals surface area (Å²) in [5.41, 5.74) is 0.874. The van der Waals surface area contributed by atoms with Gasteiger partial charge in [-0.05, 0) is 19.4 Å². The summed E-state index contributed by atoms with van der Waals surface area (Å²) < 4.78 is 19.4. The zero-order chi connectivity index (χ0) is 12.8. The van der Waals surface area contributed by atoms with E-state index in [1.54, 1.807) is 6.07 Å². The highest BCUT2D eigenvalue weighted by Gasteiger charge is 2.12. The van der Waals surface area contributed by atoms with Gasteiger partial charge in [-0.1, -0.05) is 32.9 Å². The number of rotatable bonds is 6. The van der Waals surface area contributed by atoms with Crippen LogP contribution < -0.4 is 10.1 Å². The molecule has 0 aliphatic carbocycles. The van der Waals surface area contributed by atoms with Crippen molar-refractivity contribution in [2.24, 2.45) is 0 Å². The van der Waals surface area contributed by atoms with Crippen molar-refractivity contribution in [3.8, 4) is 5.75 Å². The quantitative estimate of drug-likeness (QED) is 0.820. The molecule has 0 saturated carbocycles. The topological polar surface area (TPSA) is 21.3 Å². The summed E-state index contributed by atoms with van der Waals surface area (Å²) in [6.45, 7) is 8.73. The van der Waals surface area contributed by atoms with Crippen molar-refractivity contribution >= 4 is 0 Å². The van der Waals surface area contributed by atoms with Gasteiger partial charge in [-0.15, -0.1) is 0 Å². The molecule has 0 amide bonds. The van der Waals surface area contributed by atoms with E-state index in [9.17, 15) is 4.39 Å². The zero-order valence-corrected chi connectivity index (χ0v) is 11.1. The Morgan fingerprint density at radius 2 is 2.00 bits per heavy atom. The average molecular weight is 239 g/mol. The van der Waals surface area contributed by atoms with Gasteiger partial charge in [0.25, 0.3) is 0 Å². The molecule has 0 aliphatic rings. The minimum absolute atomic E-state index is 0.0321. The number of halogens is 1. The first-order valence-corrected chi connectivity index (χ1v) is 6.22. The fraction of sp³-hybridized carbons (Fsp3) is 0.571. The summed E-state index contributed by atoms with van der Waals surface area (Å²) in [4.78, 5) is 0. The lowest BCUT2D eigenvalue weighted by Gasteiger charge is -2.17. The van der Waals surface area contributed by atoms with Gasteiger partial charge >= 0.3 is 0 Å². The minimum atomic E-state index is -0.284. The van der Waals surface area contributed by atoms with Gasteiger partial charge < -0.3 is 10.1 Å². The SMILES string of the molecule is CCC(C)Oc1c(F)cccc1CNC(C)C. The molecule has 96 valence electrons. The van der Waals surface area contributed by atoms with Crippen LogP contribution in [0.1, 0.15) is 39.7 Å². The van der Waals surface area contributed by atoms with Gasteiger partial charge in [-0.25, -0.2) is 4.39 Å². The Morgan fingerprint density at radius 3 is 2.59 bits per heavy atom. The van der Waals surface area contributed by atoms with Gasteiger partial charge in [0.1, 0.15) is 0 Å². The van der Waals surface area contributed by atoms with Crippen molar-refractivity contribution < 1.29 is 9.13 Å². The van der Waals surface area contributed by atoms with Crippen LogP contribution in [0.5, 0.6) is 5.75 Å². The van der Waals surface area contributed by atoms with Crippen molar-refractivity contribution in [2.45, 2.75) is 52.8 Å². The molecule has 1 atom stereocenters. The molecule has 0 spiro atoms. The Bertz CT molecular complexity index is 352. The number of hydrogen-bond donors (Lipinski definition) is 1. The molecule has 1 N–H and O–H groups in total. The molecule has 0 bridgehead atoms. The van der Waals surface area contributed by atoms with Gasteiger partial charge in [0.05, 0.1) is 6.10 Å². The lowest BCUT2D eigenvalue weighted by Crippen LogP contribution is -2.23. The van der Waals surface area contributed by atoms with E-state index in [2.05, 4.69) is 19.2 Å². The third kappa shape index (κ3) is 4.35. The molecule has 3 heteroatoms. The number of benzene rings is 1. The van der Waals surface area contributed by atoms with E-state index in [-0.39, 0.29) is 11.9 Å². The molecular weight excluding hydrogens is 217 g/mol. The van der Waals surface area contributed by atoms with E-state index < -0.39 is 0 Å². The van der Waals surface area contributed by atoms with E-state index >= 15 is 0 Å². The highest BCUT2D eigenvalue weighted by Crippen LogP contribution is 2.24. The first-order valence-electron chi connectivity index (χ1n) is 6.22. The zero-order valence-electron chi connectivity index (χ0n) is 11.1. The predicted octanol–water partition coefficient (Wildman–Crippen LogP) is 3.50. The Kier molecular flexibility index (Phi) is 5.42. The van der Waals surface area contributed by atoms with Crippen LogP contribution in [0.2, 0.25) is 0 Å². The summed E-state index contributed by atoms with van der Waals surface area (Å²) in [6.07, 6.45) is 0.899. The third-order valence-corrected chi connectivity index (χ3v) is 2.64. The van der Waals surface area contributed by atoms with Crippen LogP contribution in [0.3, 0.4) is 0 Å². The maximum atomic E-state index is 13.7. The fourth-order valence-electron chi connectivity index (χ4n) is 1.42. The molecular formula is C14H22FNO. The molecule has 0 heterocycles.